The molecule has 0 bridgehead atoms. The molecule has 122 valence electrons. The van der Waals surface area contributed by atoms with Gasteiger partial charge in [0.05, 0.1) is 13.2 Å². The average Bonchev–Trinajstić information content (AvgIpc) is 2.56. The van der Waals surface area contributed by atoms with Gasteiger partial charge in [0.1, 0.15) is 18.0 Å². The fourth-order valence-electron chi connectivity index (χ4n) is 2.36. The predicted molar refractivity (Wildman–Crippen MR) is 87.8 cm³/mol. The summed E-state index contributed by atoms with van der Waals surface area (Å²) in [5.74, 6) is 2.00. The summed E-state index contributed by atoms with van der Waals surface area (Å²) in [4.78, 5) is 19.2. The molecule has 23 heavy (non-hydrogen) atoms. The van der Waals surface area contributed by atoms with Crippen molar-refractivity contribution >= 4 is 17.6 Å². The van der Waals surface area contributed by atoms with Crippen LogP contribution in [-0.4, -0.2) is 64.2 Å². The predicted octanol–water partition coefficient (Wildman–Crippen LogP) is 1.06. The fourth-order valence-corrected chi connectivity index (χ4v) is 2.36. The van der Waals surface area contributed by atoms with Crippen LogP contribution in [0, 0.1) is 6.92 Å². The van der Waals surface area contributed by atoms with Gasteiger partial charge in [-0.25, -0.2) is 15.0 Å². The maximum Gasteiger partial charge on any atom is 0.230 e. The number of hydrogen-bond donors (Lipinski definition) is 2. The Morgan fingerprint density at radius 2 is 2.09 bits per heavy atom. The number of nitrogens with zero attached hydrogens (tertiary/aromatic N) is 5. The molecule has 0 saturated carbocycles. The minimum atomic E-state index is 0.526. The van der Waals surface area contributed by atoms with Crippen LogP contribution in [0.4, 0.5) is 17.6 Å². The van der Waals surface area contributed by atoms with Gasteiger partial charge in [0.15, 0.2) is 0 Å². The van der Waals surface area contributed by atoms with Crippen molar-refractivity contribution in [2.45, 2.75) is 6.92 Å². The summed E-state index contributed by atoms with van der Waals surface area (Å²) in [6.07, 6.45) is 3.16. The smallest absolute Gasteiger partial charge is 0.230 e. The largest absolute Gasteiger partial charge is 0.379 e. The zero-order valence-corrected chi connectivity index (χ0v) is 13.2. The van der Waals surface area contributed by atoms with Crippen molar-refractivity contribution < 1.29 is 4.74 Å². The van der Waals surface area contributed by atoms with Crippen molar-refractivity contribution in [2.75, 3.05) is 50.0 Å². The first-order valence-electron chi connectivity index (χ1n) is 7.72. The van der Waals surface area contributed by atoms with Gasteiger partial charge in [-0.05, 0) is 13.0 Å². The third-order valence-electron chi connectivity index (χ3n) is 3.51. The van der Waals surface area contributed by atoms with E-state index in [4.69, 9.17) is 4.74 Å². The van der Waals surface area contributed by atoms with E-state index in [1.54, 1.807) is 12.3 Å². The summed E-state index contributed by atoms with van der Waals surface area (Å²) in [5, 5.41) is 6.44. The lowest BCUT2D eigenvalue weighted by Gasteiger charge is -2.26. The van der Waals surface area contributed by atoms with E-state index in [-0.39, 0.29) is 0 Å². The van der Waals surface area contributed by atoms with Gasteiger partial charge in [-0.1, -0.05) is 0 Å². The van der Waals surface area contributed by atoms with Gasteiger partial charge < -0.3 is 15.4 Å². The van der Waals surface area contributed by atoms with Crippen LogP contribution in [0.3, 0.4) is 0 Å². The van der Waals surface area contributed by atoms with Crippen molar-refractivity contribution in [1.29, 1.82) is 0 Å². The van der Waals surface area contributed by atoms with Crippen LogP contribution in [-0.2, 0) is 4.74 Å². The molecule has 2 aromatic rings. The Labute approximate surface area is 135 Å². The summed E-state index contributed by atoms with van der Waals surface area (Å²) in [5.41, 5.74) is 0.894. The van der Waals surface area contributed by atoms with Crippen molar-refractivity contribution in [2.24, 2.45) is 0 Å². The second kappa shape index (κ2) is 7.80. The Kier molecular flexibility index (Phi) is 5.28. The van der Waals surface area contributed by atoms with Gasteiger partial charge in [-0.15, -0.1) is 0 Å². The molecule has 1 aliphatic rings. The Morgan fingerprint density at radius 1 is 1.22 bits per heavy atom. The molecular weight excluding hydrogens is 294 g/mol. The van der Waals surface area contributed by atoms with Crippen molar-refractivity contribution in [3.63, 3.8) is 0 Å². The second-order valence-corrected chi connectivity index (χ2v) is 5.32. The van der Waals surface area contributed by atoms with E-state index in [9.17, 15) is 0 Å². The SMILES string of the molecule is Cc1cc(NCCN2CCOCC2)nc(Nc2ccncn2)n1. The number of aryl methyl sites for hydroxylation is 1. The van der Waals surface area contributed by atoms with E-state index in [1.807, 2.05) is 13.0 Å². The number of anilines is 3. The molecule has 2 N–H and O–H groups in total. The van der Waals surface area contributed by atoms with Gasteiger partial charge in [0.25, 0.3) is 0 Å². The summed E-state index contributed by atoms with van der Waals surface area (Å²) in [6.45, 7) is 7.37. The normalized spacial score (nSPS) is 15.3. The number of morpholine rings is 1. The number of hydrogen-bond acceptors (Lipinski definition) is 8. The molecular formula is C15H21N7O. The summed E-state index contributed by atoms with van der Waals surface area (Å²) < 4.78 is 5.35. The molecule has 3 heterocycles. The van der Waals surface area contributed by atoms with E-state index >= 15 is 0 Å². The lowest BCUT2D eigenvalue weighted by Crippen LogP contribution is -2.39. The molecule has 0 atom stereocenters. The third-order valence-corrected chi connectivity index (χ3v) is 3.51. The van der Waals surface area contributed by atoms with Crippen LogP contribution >= 0.6 is 0 Å². The first kappa shape index (κ1) is 15.6. The topological polar surface area (TPSA) is 88.1 Å². The van der Waals surface area contributed by atoms with Crippen LogP contribution in [0.1, 0.15) is 5.69 Å². The van der Waals surface area contributed by atoms with Gasteiger partial charge in [0.2, 0.25) is 5.95 Å². The molecule has 0 unspecified atom stereocenters. The molecule has 0 radical (unpaired) electrons. The minimum absolute atomic E-state index is 0.526. The fraction of sp³-hybridized carbons (Fsp3) is 0.467. The number of rotatable bonds is 6. The highest BCUT2D eigenvalue weighted by Crippen LogP contribution is 2.13. The minimum Gasteiger partial charge on any atom is -0.379 e. The average molecular weight is 315 g/mol. The van der Waals surface area contributed by atoms with E-state index in [2.05, 4.69) is 35.5 Å². The molecule has 1 saturated heterocycles. The van der Waals surface area contributed by atoms with Crippen molar-refractivity contribution in [3.05, 3.63) is 30.4 Å². The Bertz CT molecular complexity index is 616. The molecule has 2 aromatic heterocycles. The monoisotopic (exact) mass is 315 g/mol. The third kappa shape index (κ3) is 4.83. The van der Waals surface area contributed by atoms with Crippen LogP contribution < -0.4 is 10.6 Å². The maximum absolute atomic E-state index is 5.35. The molecule has 8 nitrogen and oxygen atoms in total. The van der Waals surface area contributed by atoms with E-state index < -0.39 is 0 Å². The van der Waals surface area contributed by atoms with Gasteiger partial charge >= 0.3 is 0 Å². The first-order valence-corrected chi connectivity index (χ1v) is 7.72. The van der Waals surface area contributed by atoms with Crippen molar-refractivity contribution in [1.82, 2.24) is 24.8 Å². The highest BCUT2D eigenvalue weighted by atomic mass is 16.5. The molecule has 3 rings (SSSR count). The molecule has 1 aliphatic heterocycles. The summed E-state index contributed by atoms with van der Waals surface area (Å²) in [6, 6.07) is 3.71. The standard InChI is InChI=1S/C15H21N7O/c1-12-10-14(17-4-5-22-6-8-23-9-7-22)21-15(19-12)20-13-2-3-16-11-18-13/h2-3,10-11H,4-9H2,1H3,(H2,16,17,18,19,20,21). The Morgan fingerprint density at radius 3 is 2.87 bits per heavy atom. The number of ether oxygens (including phenoxy) is 1. The molecule has 0 spiro atoms. The highest BCUT2D eigenvalue weighted by molar-refractivity contribution is 5.50. The molecule has 0 aliphatic carbocycles. The van der Waals surface area contributed by atoms with Gasteiger partial charge in [-0.2, -0.15) is 4.98 Å². The molecule has 0 aromatic carbocycles. The molecule has 8 heteroatoms. The zero-order chi connectivity index (χ0) is 15.9. The molecule has 1 fully saturated rings. The summed E-state index contributed by atoms with van der Waals surface area (Å²) in [7, 11) is 0. The lowest BCUT2D eigenvalue weighted by molar-refractivity contribution is 0.0398. The van der Waals surface area contributed by atoms with E-state index in [0.717, 1.165) is 50.9 Å². The number of nitrogens with one attached hydrogen (secondary N) is 2. The number of aromatic nitrogens is 4. The van der Waals surface area contributed by atoms with Crippen molar-refractivity contribution in [3.8, 4) is 0 Å². The Balaban J connectivity index is 1.56. The lowest BCUT2D eigenvalue weighted by atomic mass is 10.4. The zero-order valence-electron chi connectivity index (χ0n) is 13.2. The maximum atomic E-state index is 5.35. The van der Waals surface area contributed by atoms with Crippen LogP contribution in [0.15, 0.2) is 24.7 Å². The van der Waals surface area contributed by atoms with Crippen LogP contribution in [0.5, 0.6) is 0 Å². The first-order chi connectivity index (χ1) is 11.3. The van der Waals surface area contributed by atoms with Gasteiger partial charge in [-0.3, -0.25) is 4.90 Å². The molecule has 0 amide bonds. The summed E-state index contributed by atoms with van der Waals surface area (Å²) >= 11 is 0. The highest BCUT2D eigenvalue weighted by Gasteiger charge is 2.09. The van der Waals surface area contributed by atoms with Gasteiger partial charge in [0, 0.05) is 44.1 Å². The Hall–Kier alpha value is -2.32. The van der Waals surface area contributed by atoms with E-state index in [0.29, 0.717) is 11.8 Å². The van der Waals surface area contributed by atoms with Crippen LogP contribution in [0.25, 0.3) is 0 Å². The second-order valence-electron chi connectivity index (χ2n) is 5.32. The van der Waals surface area contributed by atoms with E-state index in [1.165, 1.54) is 6.33 Å². The van der Waals surface area contributed by atoms with Crippen LogP contribution in [0.2, 0.25) is 0 Å². The quantitative estimate of drug-likeness (QED) is 0.818.